The van der Waals surface area contributed by atoms with Crippen molar-refractivity contribution in [3.05, 3.63) is 35.9 Å². The van der Waals surface area contributed by atoms with E-state index in [0.29, 0.717) is 5.56 Å². The van der Waals surface area contributed by atoms with Crippen molar-refractivity contribution >= 4 is 11.8 Å². The van der Waals surface area contributed by atoms with Crippen LogP contribution < -0.4 is 5.43 Å². The molecule has 0 aliphatic heterocycles. The van der Waals surface area contributed by atoms with Gasteiger partial charge in [0, 0.05) is 11.5 Å². The van der Waals surface area contributed by atoms with Crippen LogP contribution in [0.5, 0.6) is 0 Å². The summed E-state index contributed by atoms with van der Waals surface area (Å²) in [6.07, 6.45) is 1.85. The average Bonchev–Trinajstić information content (AvgIpc) is 3.18. The fourth-order valence-electron chi connectivity index (χ4n) is 1.82. The third-order valence-corrected chi connectivity index (χ3v) is 3.07. The maximum Gasteiger partial charge on any atom is 0.269 e. The predicted octanol–water partition coefficient (Wildman–Crippen LogP) is 2.37. The summed E-state index contributed by atoms with van der Waals surface area (Å²) in [5, 5.41) is 1.47. The van der Waals surface area contributed by atoms with Gasteiger partial charge in [0.2, 0.25) is 5.91 Å². The lowest BCUT2D eigenvalue weighted by atomic mass is 10.1. The Morgan fingerprint density at radius 2 is 1.74 bits per heavy atom. The second kappa shape index (κ2) is 5.03. The Labute approximate surface area is 113 Å². The highest BCUT2D eigenvalue weighted by atomic mass is 16.2. The van der Waals surface area contributed by atoms with Crippen LogP contribution in [0, 0.1) is 5.92 Å². The summed E-state index contributed by atoms with van der Waals surface area (Å²) in [5.74, 6) is -0.156. The molecule has 1 saturated carbocycles. The number of nitrogens with zero attached hydrogens (tertiary/aromatic N) is 1. The fourth-order valence-corrected chi connectivity index (χ4v) is 1.82. The number of carbonyl (C=O) groups is 2. The van der Waals surface area contributed by atoms with Crippen LogP contribution in [0.1, 0.15) is 44.0 Å². The minimum atomic E-state index is -0.426. The van der Waals surface area contributed by atoms with Gasteiger partial charge < -0.3 is 0 Å². The van der Waals surface area contributed by atoms with Crippen molar-refractivity contribution in [1.29, 1.82) is 0 Å². The summed E-state index contributed by atoms with van der Waals surface area (Å²) in [6, 6.07) is 8.93. The zero-order chi connectivity index (χ0) is 14.0. The summed E-state index contributed by atoms with van der Waals surface area (Å²) in [5.41, 5.74) is 2.87. The summed E-state index contributed by atoms with van der Waals surface area (Å²) in [4.78, 5) is 24.4. The Hall–Kier alpha value is -1.84. The molecule has 1 N–H and O–H groups in total. The van der Waals surface area contributed by atoms with E-state index in [4.69, 9.17) is 0 Å². The topological polar surface area (TPSA) is 49.4 Å². The molecule has 0 spiro atoms. The number of nitrogens with one attached hydrogen (secondary N) is 1. The van der Waals surface area contributed by atoms with Gasteiger partial charge in [-0.1, -0.05) is 18.2 Å². The molecule has 102 valence electrons. The van der Waals surface area contributed by atoms with E-state index in [2.05, 4.69) is 5.43 Å². The van der Waals surface area contributed by atoms with Gasteiger partial charge in [-0.25, -0.2) is 5.01 Å². The van der Waals surface area contributed by atoms with Crippen LogP contribution in [0.2, 0.25) is 0 Å². The molecule has 1 aromatic carbocycles. The monoisotopic (exact) mass is 260 g/mol. The van der Waals surface area contributed by atoms with E-state index in [1.807, 2.05) is 26.8 Å². The first kappa shape index (κ1) is 13.6. The molecule has 2 amide bonds. The molecule has 1 aliphatic carbocycles. The lowest BCUT2D eigenvalue weighted by molar-refractivity contribution is -0.140. The number of hydrogen-bond donors (Lipinski definition) is 1. The van der Waals surface area contributed by atoms with E-state index in [1.165, 1.54) is 5.01 Å². The molecule has 0 heterocycles. The Morgan fingerprint density at radius 1 is 1.16 bits per heavy atom. The minimum Gasteiger partial charge on any atom is -0.273 e. The van der Waals surface area contributed by atoms with Gasteiger partial charge in [0.05, 0.1) is 5.54 Å². The molecule has 0 atom stereocenters. The molecule has 1 fully saturated rings. The standard InChI is InChI=1S/C15H20N2O2/c1-15(2,3)17(14(19)12-9-10-12)16-13(18)11-7-5-4-6-8-11/h4-8,12H,9-10H2,1-3H3,(H,16,18). The van der Waals surface area contributed by atoms with E-state index < -0.39 is 5.54 Å². The predicted molar refractivity (Wildman–Crippen MR) is 73.2 cm³/mol. The lowest BCUT2D eigenvalue weighted by Gasteiger charge is -2.35. The number of hydrazine groups is 1. The van der Waals surface area contributed by atoms with E-state index in [-0.39, 0.29) is 17.7 Å². The van der Waals surface area contributed by atoms with E-state index in [9.17, 15) is 9.59 Å². The molecule has 0 bridgehead atoms. The SMILES string of the molecule is CC(C)(C)N(NC(=O)c1ccccc1)C(=O)C1CC1. The second-order valence-electron chi connectivity index (χ2n) is 5.93. The first-order valence-electron chi connectivity index (χ1n) is 6.59. The molecular weight excluding hydrogens is 240 g/mol. The number of carbonyl (C=O) groups excluding carboxylic acids is 2. The van der Waals surface area contributed by atoms with Crippen LogP contribution in [0.25, 0.3) is 0 Å². The van der Waals surface area contributed by atoms with Crippen LogP contribution in [-0.2, 0) is 4.79 Å². The van der Waals surface area contributed by atoms with E-state index in [0.717, 1.165) is 12.8 Å². The molecule has 19 heavy (non-hydrogen) atoms. The molecular formula is C15H20N2O2. The summed E-state index contributed by atoms with van der Waals surface area (Å²) in [7, 11) is 0. The molecule has 1 aromatic rings. The number of rotatable bonds is 2. The third kappa shape index (κ3) is 3.34. The van der Waals surface area contributed by atoms with Crippen molar-refractivity contribution in [2.45, 2.75) is 39.2 Å². The number of hydrogen-bond acceptors (Lipinski definition) is 2. The molecule has 0 unspecified atom stereocenters. The van der Waals surface area contributed by atoms with Crippen molar-refractivity contribution in [2.24, 2.45) is 5.92 Å². The molecule has 2 rings (SSSR count). The molecule has 0 radical (unpaired) electrons. The Morgan fingerprint density at radius 3 is 2.21 bits per heavy atom. The fraction of sp³-hybridized carbons (Fsp3) is 0.467. The smallest absolute Gasteiger partial charge is 0.269 e. The first-order chi connectivity index (χ1) is 8.89. The van der Waals surface area contributed by atoms with Crippen molar-refractivity contribution in [1.82, 2.24) is 10.4 Å². The van der Waals surface area contributed by atoms with Crippen molar-refractivity contribution in [3.63, 3.8) is 0 Å². The molecule has 4 nitrogen and oxygen atoms in total. The van der Waals surface area contributed by atoms with Crippen LogP contribution in [0.3, 0.4) is 0 Å². The highest BCUT2D eigenvalue weighted by Gasteiger charge is 2.38. The van der Waals surface area contributed by atoms with Crippen LogP contribution in [-0.4, -0.2) is 22.4 Å². The Balaban J connectivity index is 2.12. The summed E-state index contributed by atoms with van der Waals surface area (Å²) < 4.78 is 0. The van der Waals surface area contributed by atoms with Crippen LogP contribution in [0.15, 0.2) is 30.3 Å². The Bertz CT molecular complexity index is 473. The van der Waals surface area contributed by atoms with Crippen molar-refractivity contribution in [3.8, 4) is 0 Å². The third-order valence-electron chi connectivity index (χ3n) is 3.07. The van der Waals surface area contributed by atoms with Gasteiger partial charge in [-0.15, -0.1) is 0 Å². The maximum absolute atomic E-state index is 12.2. The van der Waals surface area contributed by atoms with Gasteiger partial charge in [0.15, 0.2) is 0 Å². The second-order valence-corrected chi connectivity index (χ2v) is 5.93. The number of benzene rings is 1. The highest BCUT2D eigenvalue weighted by Crippen LogP contribution is 2.32. The van der Waals surface area contributed by atoms with Gasteiger partial charge >= 0.3 is 0 Å². The lowest BCUT2D eigenvalue weighted by Crippen LogP contribution is -2.56. The average molecular weight is 260 g/mol. The molecule has 1 aliphatic rings. The number of amides is 2. The van der Waals surface area contributed by atoms with Crippen molar-refractivity contribution < 1.29 is 9.59 Å². The van der Waals surface area contributed by atoms with Gasteiger partial charge in [0.1, 0.15) is 0 Å². The molecule has 0 saturated heterocycles. The van der Waals surface area contributed by atoms with Crippen molar-refractivity contribution in [2.75, 3.05) is 0 Å². The largest absolute Gasteiger partial charge is 0.273 e. The van der Waals surface area contributed by atoms with Gasteiger partial charge in [0.25, 0.3) is 5.91 Å². The summed E-state index contributed by atoms with van der Waals surface area (Å²) >= 11 is 0. The van der Waals surface area contributed by atoms with E-state index >= 15 is 0 Å². The van der Waals surface area contributed by atoms with Crippen LogP contribution >= 0.6 is 0 Å². The zero-order valence-corrected chi connectivity index (χ0v) is 11.6. The zero-order valence-electron chi connectivity index (χ0n) is 11.6. The van der Waals surface area contributed by atoms with Gasteiger partial charge in [-0.2, -0.15) is 0 Å². The van der Waals surface area contributed by atoms with Crippen LogP contribution in [0.4, 0.5) is 0 Å². The first-order valence-corrected chi connectivity index (χ1v) is 6.59. The summed E-state index contributed by atoms with van der Waals surface area (Å²) in [6.45, 7) is 5.75. The van der Waals surface area contributed by atoms with Gasteiger partial charge in [-0.05, 0) is 45.7 Å². The highest BCUT2D eigenvalue weighted by molar-refractivity contribution is 5.95. The van der Waals surface area contributed by atoms with E-state index in [1.54, 1.807) is 24.3 Å². The minimum absolute atomic E-state index is 0.0109. The quantitative estimate of drug-likeness (QED) is 0.830. The van der Waals surface area contributed by atoms with Gasteiger partial charge in [-0.3, -0.25) is 15.0 Å². The Kier molecular flexibility index (Phi) is 3.60. The normalized spacial score (nSPS) is 14.9. The maximum atomic E-state index is 12.2. The molecule has 0 aromatic heterocycles. The molecule has 4 heteroatoms.